The summed E-state index contributed by atoms with van der Waals surface area (Å²) >= 11 is 1.77. The van der Waals surface area contributed by atoms with Crippen molar-refractivity contribution in [2.24, 2.45) is 0 Å². The Kier molecular flexibility index (Phi) is 5.12. The van der Waals surface area contributed by atoms with E-state index in [1.54, 1.807) is 11.3 Å². The molecule has 1 aromatic heterocycles. The fourth-order valence-corrected chi connectivity index (χ4v) is 2.69. The molecule has 0 radical (unpaired) electrons. The number of hydrogen-bond donors (Lipinski definition) is 0. The molecule has 0 N–H and O–H groups in total. The highest BCUT2D eigenvalue weighted by molar-refractivity contribution is 7.09. The average Bonchev–Trinajstić information content (AvgIpc) is 2.71. The summed E-state index contributed by atoms with van der Waals surface area (Å²) in [5.74, 6) is 0. The summed E-state index contributed by atoms with van der Waals surface area (Å²) in [7, 11) is 0. The Morgan fingerprint density at radius 3 is 2.64 bits per heavy atom. The highest BCUT2D eigenvalue weighted by Gasteiger charge is 2.17. The largest absolute Gasteiger partial charge is 0.296 e. The zero-order chi connectivity index (χ0) is 10.4. The molecule has 1 unspecified atom stereocenters. The summed E-state index contributed by atoms with van der Waals surface area (Å²) in [5.41, 5.74) is 1.93. The first kappa shape index (κ1) is 11.7. The topological polar surface area (TPSA) is 16.1 Å². The van der Waals surface area contributed by atoms with Crippen LogP contribution in [0.3, 0.4) is 0 Å². The molecule has 0 saturated heterocycles. The van der Waals surface area contributed by atoms with Gasteiger partial charge in [0.2, 0.25) is 0 Å². The lowest BCUT2D eigenvalue weighted by molar-refractivity contribution is 0.205. The molecule has 1 rings (SSSR count). The standard InChI is InChI=1S/C11H20N2S/c1-4-7-13(6-3)10(5-2)11-8-12-9-14-11/h8-10H,4-7H2,1-3H3. The Bertz CT molecular complexity index is 233. The van der Waals surface area contributed by atoms with E-state index in [0.717, 1.165) is 6.54 Å². The van der Waals surface area contributed by atoms with Crippen LogP contribution in [0.2, 0.25) is 0 Å². The van der Waals surface area contributed by atoms with Crippen LogP contribution >= 0.6 is 11.3 Å². The Morgan fingerprint density at radius 2 is 2.21 bits per heavy atom. The molecule has 80 valence electrons. The van der Waals surface area contributed by atoms with E-state index in [0.29, 0.717) is 6.04 Å². The molecule has 14 heavy (non-hydrogen) atoms. The quantitative estimate of drug-likeness (QED) is 0.719. The fourth-order valence-electron chi connectivity index (χ4n) is 1.85. The van der Waals surface area contributed by atoms with Gasteiger partial charge in [0, 0.05) is 17.1 Å². The molecule has 0 aliphatic carbocycles. The number of rotatable bonds is 6. The minimum absolute atomic E-state index is 0.576. The highest BCUT2D eigenvalue weighted by atomic mass is 32.1. The number of aromatic nitrogens is 1. The molecule has 0 fully saturated rings. The van der Waals surface area contributed by atoms with Gasteiger partial charge in [0.05, 0.1) is 5.51 Å². The van der Waals surface area contributed by atoms with Gasteiger partial charge in [-0.15, -0.1) is 11.3 Å². The van der Waals surface area contributed by atoms with Crippen molar-refractivity contribution in [2.75, 3.05) is 13.1 Å². The first-order valence-electron chi connectivity index (χ1n) is 5.45. The SMILES string of the molecule is CCCN(CC)C(CC)c1cncs1. The lowest BCUT2D eigenvalue weighted by atomic mass is 10.1. The van der Waals surface area contributed by atoms with Gasteiger partial charge in [-0.25, -0.2) is 0 Å². The van der Waals surface area contributed by atoms with Crippen molar-refractivity contribution in [3.8, 4) is 0 Å². The van der Waals surface area contributed by atoms with Crippen LogP contribution in [0.25, 0.3) is 0 Å². The molecule has 3 heteroatoms. The summed E-state index contributed by atoms with van der Waals surface area (Å²) in [6, 6.07) is 0.576. The summed E-state index contributed by atoms with van der Waals surface area (Å²) in [5, 5.41) is 0. The average molecular weight is 212 g/mol. The van der Waals surface area contributed by atoms with E-state index in [4.69, 9.17) is 0 Å². The van der Waals surface area contributed by atoms with Crippen molar-refractivity contribution in [3.63, 3.8) is 0 Å². The maximum absolute atomic E-state index is 4.16. The maximum atomic E-state index is 4.16. The molecule has 1 heterocycles. The Balaban J connectivity index is 2.68. The lowest BCUT2D eigenvalue weighted by Crippen LogP contribution is -2.28. The maximum Gasteiger partial charge on any atom is 0.0794 e. The summed E-state index contributed by atoms with van der Waals surface area (Å²) in [6.07, 6.45) is 4.41. The molecule has 0 aliphatic heterocycles. The van der Waals surface area contributed by atoms with Crippen LogP contribution in [0.5, 0.6) is 0 Å². The summed E-state index contributed by atoms with van der Waals surface area (Å²) < 4.78 is 0. The molecule has 1 atom stereocenters. The van der Waals surface area contributed by atoms with E-state index in [9.17, 15) is 0 Å². The fraction of sp³-hybridized carbons (Fsp3) is 0.727. The Hall–Kier alpha value is -0.410. The predicted octanol–water partition coefficient (Wildman–Crippen LogP) is 3.33. The zero-order valence-corrected chi connectivity index (χ0v) is 10.2. The van der Waals surface area contributed by atoms with Crippen molar-refractivity contribution in [1.82, 2.24) is 9.88 Å². The molecular weight excluding hydrogens is 192 g/mol. The van der Waals surface area contributed by atoms with E-state index < -0.39 is 0 Å². The molecule has 0 aromatic carbocycles. The third-order valence-electron chi connectivity index (χ3n) is 2.52. The van der Waals surface area contributed by atoms with Crippen molar-refractivity contribution in [1.29, 1.82) is 0 Å². The second-order valence-corrected chi connectivity index (χ2v) is 4.37. The smallest absolute Gasteiger partial charge is 0.0794 e. The minimum Gasteiger partial charge on any atom is -0.296 e. The van der Waals surface area contributed by atoms with E-state index in [1.807, 2.05) is 11.7 Å². The molecule has 1 aromatic rings. The molecule has 0 spiro atoms. The van der Waals surface area contributed by atoms with Gasteiger partial charge in [-0.1, -0.05) is 20.8 Å². The van der Waals surface area contributed by atoms with Gasteiger partial charge in [0.25, 0.3) is 0 Å². The van der Waals surface area contributed by atoms with Crippen LogP contribution in [0.15, 0.2) is 11.7 Å². The minimum atomic E-state index is 0.576. The van der Waals surface area contributed by atoms with E-state index in [2.05, 4.69) is 30.7 Å². The van der Waals surface area contributed by atoms with Crippen LogP contribution in [0.4, 0.5) is 0 Å². The van der Waals surface area contributed by atoms with E-state index in [-0.39, 0.29) is 0 Å². The second kappa shape index (κ2) is 6.14. The molecule has 0 bridgehead atoms. The Morgan fingerprint density at radius 1 is 1.43 bits per heavy atom. The van der Waals surface area contributed by atoms with Gasteiger partial charge < -0.3 is 0 Å². The first-order valence-corrected chi connectivity index (χ1v) is 6.33. The van der Waals surface area contributed by atoms with Gasteiger partial charge in [0.1, 0.15) is 0 Å². The van der Waals surface area contributed by atoms with Gasteiger partial charge in [-0.2, -0.15) is 0 Å². The second-order valence-electron chi connectivity index (χ2n) is 3.46. The van der Waals surface area contributed by atoms with Crippen molar-refractivity contribution in [3.05, 3.63) is 16.6 Å². The molecule has 2 nitrogen and oxygen atoms in total. The van der Waals surface area contributed by atoms with Crippen LogP contribution in [-0.2, 0) is 0 Å². The molecule has 0 amide bonds. The van der Waals surface area contributed by atoms with Crippen molar-refractivity contribution < 1.29 is 0 Å². The van der Waals surface area contributed by atoms with E-state index >= 15 is 0 Å². The Labute approximate surface area is 91.0 Å². The van der Waals surface area contributed by atoms with Gasteiger partial charge in [-0.3, -0.25) is 9.88 Å². The van der Waals surface area contributed by atoms with Gasteiger partial charge >= 0.3 is 0 Å². The van der Waals surface area contributed by atoms with E-state index in [1.165, 1.54) is 24.3 Å². The monoisotopic (exact) mass is 212 g/mol. The lowest BCUT2D eigenvalue weighted by Gasteiger charge is -2.28. The summed E-state index contributed by atoms with van der Waals surface area (Å²) in [4.78, 5) is 8.10. The highest BCUT2D eigenvalue weighted by Crippen LogP contribution is 2.26. The molecule has 0 saturated carbocycles. The van der Waals surface area contributed by atoms with Gasteiger partial charge in [0.15, 0.2) is 0 Å². The number of nitrogens with zero attached hydrogens (tertiary/aromatic N) is 2. The normalized spacial score (nSPS) is 13.4. The molecular formula is C11H20N2S. The van der Waals surface area contributed by atoms with Crippen molar-refractivity contribution in [2.45, 2.75) is 39.7 Å². The van der Waals surface area contributed by atoms with Crippen LogP contribution < -0.4 is 0 Å². The third kappa shape index (κ3) is 2.79. The third-order valence-corrected chi connectivity index (χ3v) is 3.40. The number of thiazole rings is 1. The zero-order valence-electron chi connectivity index (χ0n) is 9.36. The molecule has 0 aliphatic rings. The van der Waals surface area contributed by atoms with Gasteiger partial charge in [-0.05, 0) is 25.9 Å². The predicted molar refractivity (Wildman–Crippen MR) is 62.7 cm³/mol. The van der Waals surface area contributed by atoms with Crippen LogP contribution in [0, 0.1) is 0 Å². The first-order chi connectivity index (χ1) is 6.83. The van der Waals surface area contributed by atoms with Crippen molar-refractivity contribution >= 4 is 11.3 Å². The summed E-state index contributed by atoms with van der Waals surface area (Å²) in [6.45, 7) is 9.04. The number of hydrogen-bond acceptors (Lipinski definition) is 3. The van der Waals surface area contributed by atoms with Crippen LogP contribution in [-0.4, -0.2) is 23.0 Å². The van der Waals surface area contributed by atoms with Crippen LogP contribution in [0.1, 0.15) is 44.5 Å².